The molecule has 12 heteroatoms. The molecule has 4 aliphatic rings. The summed E-state index contributed by atoms with van der Waals surface area (Å²) in [4.78, 5) is 25.0. The molecule has 9 N–H and O–H groups in total. The third-order valence-corrected chi connectivity index (χ3v) is 11.0. The second-order valence-electron chi connectivity index (χ2n) is 13.2. The molecule has 4 aliphatic carbocycles. The highest BCUT2D eigenvalue weighted by molar-refractivity contribution is 5.91. The minimum atomic E-state index is -2.34. The Labute approximate surface area is 239 Å². The molecule has 3 saturated carbocycles. The highest BCUT2D eigenvalue weighted by atomic mass is 16.6. The molecule has 0 aromatic rings. The molecule has 0 aromatic heterocycles. The number of aliphatic hydroxyl groups excluding tert-OH is 9. The van der Waals surface area contributed by atoms with Gasteiger partial charge in [0.25, 0.3) is 0 Å². The van der Waals surface area contributed by atoms with Gasteiger partial charge in [-0.2, -0.15) is 0 Å². The molecule has 0 radical (unpaired) electrons. The van der Waals surface area contributed by atoms with Gasteiger partial charge in [-0.05, 0) is 74.2 Å². The van der Waals surface area contributed by atoms with Gasteiger partial charge in [-0.15, -0.1) is 0 Å². The fourth-order valence-corrected chi connectivity index (χ4v) is 8.38. The molecule has 41 heavy (non-hydrogen) atoms. The molecule has 0 bridgehead atoms. The largest absolute Gasteiger partial charge is 0.460 e. The van der Waals surface area contributed by atoms with Crippen LogP contribution in [0.2, 0.25) is 0 Å². The SMILES string of the molecule is C[C@]12CC[C@H]3[C@@H](CCC4=CC(=O)CC[C@@]43C)[C@@H]1CC[C@@H]2OC(=O)C(O)C(O)C(O)C(O)C(O)C(O)C(O)C(O)CO. The topological polar surface area (TPSA) is 225 Å². The summed E-state index contributed by atoms with van der Waals surface area (Å²) in [5, 5.41) is 89.5. The lowest BCUT2D eigenvalue weighted by Gasteiger charge is -2.57. The van der Waals surface area contributed by atoms with Crippen LogP contribution in [0.1, 0.15) is 65.2 Å². The maximum atomic E-state index is 12.9. The minimum absolute atomic E-state index is 0.00539. The van der Waals surface area contributed by atoms with Gasteiger partial charge in [0.2, 0.25) is 0 Å². The number of carbonyl (C=O) groups is 2. The van der Waals surface area contributed by atoms with Crippen molar-refractivity contribution in [3.8, 4) is 0 Å². The highest BCUT2D eigenvalue weighted by Gasteiger charge is 2.60. The lowest BCUT2D eigenvalue weighted by Crippen LogP contribution is -2.57. The second-order valence-corrected chi connectivity index (χ2v) is 13.2. The lowest BCUT2D eigenvalue weighted by molar-refractivity contribution is -0.194. The quantitative estimate of drug-likeness (QED) is 0.131. The zero-order chi connectivity index (χ0) is 30.4. The summed E-state index contributed by atoms with van der Waals surface area (Å²) in [6.07, 6.45) is -10.1. The summed E-state index contributed by atoms with van der Waals surface area (Å²) < 4.78 is 5.70. The van der Waals surface area contributed by atoms with E-state index in [1.165, 1.54) is 5.57 Å². The molecule has 0 amide bonds. The van der Waals surface area contributed by atoms with E-state index in [9.17, 15) is 50.4 Å². The molecule has 0 spiro atoms. The van der Waals surface area contributed by atoms with Crippen molar-refractivity contribution in [2.75, 3.05) is 6.61 Å². The number of fused-ring (bicyclic) bond motifs is 5. The summed E-state index contributed by atoms with van der Waals surface area (Å²) >= 11 is 0. The van der Waals surface area contributed by atoms with Gasteiger partial charge in [0.05, 0.1) is 6.61 Å². The van der Waals surface area contributed by atoms with Gasteiger partial charge in [0.15, 0.2) is 11.9 Å². The van der Waals surface area contributed by atoms with Crippen LogP contribution in [0.4, 0.5) is 0 Å². The van der Waals surface area contributed by atoms with Crippen molar-refractivity contribution in [1.29, 1.82) is 0 Å². The van der Waals surface area contributed by atoms with Crippen molar-refractivity contribution >= 4 is 11.8 Å². The van der Waals surface area contributed by atoms with Crippen LogP contribution < -0.4 is 0 Å². The maximum Gasteiger partial charge on any atom is 0.338 e. The van der Waals surface area contributed by atoms with E-state index in [-0.39, 0.29) is 22.5 Å². The average molecular weight is 587 g/mol. The van der Waals surface area contributed by atoms with Crippen LogP contribution in [0.15, 0.2) is 11.6 Å². The first kappa shape index (κ1) is 32.4. The van der Waals surface area contributed by atoms with Crippen LogP contribution in [0.5, 0.6) is 0 Å². The van der Waals surface area contributed by atoms with Crippen molar-refractivity contribution in [2.45, 2.75) is 120 Å². The normalized spacial score (nSPS) is 39.1. The molecule has 234 valence electrons. The van der Waals surface area contributed by atoms with Crippen LogP contribution in [-0.2, 0) is 14.3 Å². The fourth-order valence-electron chi connectivity index (χ4n) is 8.38. The van der Waals surface area contributed by atoms with Gasteiger partial charge in [-0.1, -0.05) is 19.4 Å². The monoisotopic (exact) mass is 586 g/mol. The molecule has 0 aliphatic heterocycles. The number of ketones is 1. The Morgan fingerprint density at radius 2 is 1.44 bits per heavy atom. The average Bonchev–Trinajstić information content (AvgIpc) is 3.29. The van der Waals surface area contributed by atoms with Crippen molar-refractivity contribution in [2.24, 2.45) is 28.6 Å². The number of esters is 1. The number of rotatable bonds is 10. The Balaban J connectivity index is 1.38. The highest BCUT2D eigenvalue weighted by Crippen LogP contribution is 2.65. The Bertz CT molecular complexity index is 1000. The van der Waals surface area contributed by atoms with Gasteiger partial charge in [0.1, 0.15) is 48.8 Å². The first-order valence-corrected chi connectivity index (χ1v) is 14.7. The number of aliphatic hydroxyl groups is 9. The lowest BCUT2D eigenvalue weighted by atomic mass is 9.47. The third kappa shape index (κ3) is 5.75. The Morgan fingerprint density at radius 3 is 2.07 bits per heavy atom. The van der Waals surface area contributed by atoms with E-state index in [1.807, 2.05) is 6.08 Å². The summed E-state index contributed by atoms with van der Waals surface area (Å²) in [5.74, 6) is 0.127. The second kappa shape index (κ2) is 12.3. The predicted octanol–water partition coefficient (Wildman–Crippen LogP) is -1.69. The maximum absolute atomic E-state index is 12.9. The van der Waals surface area contributed by atoms with Crippen molar-refractivity contribution < 1.29 is 60.3 Å². The van der Waals surface area contributed by atoms with Crippen LogP contribution in [0.3, 0.4) is 0 Å². The Morgan fingerprint density at radius 1 is 0.829 bits per heavy atom. The van der Waals surface area contributed by atoms with Crippen molar-refractivity contribution in [3.05, 3.63) is 11.6 Å². The standard InChI is InChI=1S/C29H46O12/c1-28-9-7-14(31)11-13(28)3-4-15-16-5-6-19(29(16,2)10-8-17(15)28)41-27(40)26(39)25(38)24(37)23(36)22(35)21(34)20(33)18(32)12-30/h11,15-26,30,32-39H,3-10,12H2,1-2H3/t15-,16-,17-,18?,19-,20?,21?,22?,23?,24?,25?,26?,28-,29-/m0/s1. The van der Waals surface area contributed by atoms with E-state index in [1.54, 1.807) is 0 Å². The molecule has 3 fully saturated rings. The van der Waals surface area contributed by atoms with Gasteiger partial charge < -0.3 is 50.7 Å². The van der Waals surface area contributed by atoms with Crippen LogP contribution >= 0.6 is 0 Å². The number of hydrogen-bond donors (Lipinski definition) is 9. The van der Waals surface area contributed by atoms with E-state index < -0.39 is 67.5 Å². The molecule has 12 nitrogen and oxygen atoms in total. The van der Waals surface area contributed by atoms with Crippen LogP contribution in [0, 0.1) is 28.6 Å². The van der Waals surface area contributed by atoms with Crippen molar-refractivity contribution in [3.63, 3.8) is 0 Å². The third-order valence-electron chi connectivity index (χ3n) is 11.0. The fraction of sp³-hybridized carbons (Fsp3) is 0.862. The summed E-state index contributed by atoms with van der Waals surface area (Å²) in [7, 11) is 0. The number of carbonyl (C=O) groups excluding carboxylic acids is 2. The predicted molar refractivity (Wildman–Crippen MR) is 142 cm³/mol. The zero-order valence-electron chi connectivity index (χ0n) is 23.6. The number of ether oxygens (including phenoxy) is 1. The molecular weight excluding hydrogens is 540 g/mol. The Kier molecular flexibility index (Phi) is 9.69. The van der Waals surface area contributed by atoms with Gasteiger partial charge in [-0.25, -0.2) is 4.79 Å². The van der Waals surface area contributed by atoms with Gasteiger partial charge >= 0.3 is 5.97 Å². The number of allylic oxidation sites excluding steroid dienone is 1. The minimum Gasteiger partial charge on any atom is -0.460 e. The summed E-state index contributed by atoms with van der Waals surface area (Å²) in [6, 6.07) is 0. The molecule has 8 unspecified atom stereocenters. The molecule has 0 aromatic carbocycles. The Hall–Kier alpha value is -1.48. The van der Waals surface area contributed by atoms with Gasteiger partial charge in [-0.3, -0.25) is 4.79 Å². The van der Waals surface area contributed by atoms with Crippen LogP contribution in [-0.4, -0.2) is 119 Å². The molecule has 14 atom stereocenters. The summed E-state index contributed by atoms with van der Waals surface area (Å²) in [5.41, 5.74) is 0.898. The smallest absolute Gasteiger partial charge is 0.338 e. The van der Waals surface area contributed by atoms with E-state index in [0.717, 1.165) is 38.5 Å². The van der Waals surface area contributed by atoms with E-state index >= 15 is 0 Å². The summed E-state index contributed by atoms with van der Waals surface area (Å²) in [6.45, 7) is 3.40. The zero-order valence-corrected chi connectivity index (χ0v) is 23.6. The van der Waals surface area contributed by atoms with Crippen LogP contribution in [0.25, 0.3) is 0 Å². The van der Waals surface area contributed by atoms with E-state index in [4.69, 9.17) is 9.84 Å². The van der Waals surface area contributed by atoms with Crippen molar-refractivity contribution in [1.82, 2.24) is 0 Å². The van der Waals surface area contributed by atoms with E-state index in [0.29, 0.717) is 24.7 Å². The molecular formula is C29H46O12. The van der Waals surface area contributed by atoms with E-state index in [2.05, 4.69) is 13.8 Å². The molecule has 0 saturated heterocycles. The number of hydrogen-bond acceptors (Lipinski definition) is 12. The first-order valence-electron chi connectivity index (χ1n) is 14.7. The molecule has 4 rings (SSSR count). The van der Waals surface area contributed by atoms with Gasteiger partial charge in [0, 0.05) is 11.8 Å². The first-order chi connectivity index (χ1) is 19.2. The molecule has 0 heterocycles.